The molecule has 0 saturated heterocycles. The first kappa shape index (κ1) is 11.8. The topological polar surface area (TPSA) is 0 Å². The third kappa shape index (κ3) is 4.16. The number of benzene rings is 1. The zero-order valence-electron chi connectivity index (χ0n) is 10.1. The van der Waals surface area contributed by atoms with Crippen molar-refractivity contribution in [2.45, 2.75) is 33.6 Å². The van der Waals surface area contributed by atoms with Crippen molar-refractivity contribution < 1.29 is 0 Å². The maximum absolute atomic E-state index is 2.22. The molecule has 0 heteroatoms. The summed E-state index contributed by atoms with van der Waals surface area (Å²) in [6.45, 7) is 8.64. The van der Waals surface area contributed by atoms with Crippen LogP contribution >= 0.6 is 0 Å². The zero-order valence-corrected chi connectivity index (χ0v) is 10.1. The van der Waals surface area contributed by atoms with Gasteiger partial charge in [-0.05, 0) is 30.9 Å². The van der Waals surface area contributed by atoms with Crippen LogP contribution in [-0.2, 0) is 0 Å². The van der Waals surface area contributed by atoms with Gasteiger partial charge < -0.3 is 0 Å². The van der Waals surface area contributed by atoms with Gasteiger partial charge in [-0.1, -0.05) is 61.9 Å². The molecule has 0 unspecified atom stereocenters. The average Bonchev–Trinajstić information content (AvgIpc) is 2.18. The largest absolute Gasteiger partial charge is 0.0764 e. The number of hydrogen-bond donors (Lipinski definition) is 0. The predicted octanol–water partition coefficient (Wildman–Crippen LogP) is 4.79. The second-order valence-corrected chi connectivity index (χ2v) is 4.42. The fourth-order valence-electron chi connectivity index (χ4n) is 1.34. The minimum atomic E-state index is 0.612. The highest BCUT2D eigenvalue weighted by Crippen LogP contribution is 2.15. The van der Waals surface area contributed by atoms with Crippen LogP contribution in [0.25, 0.3) is 6.08 Å². The molecule has 0 saturated carbocycles. The van der Waals surface area contributed by atoms with Crippen molar-refractivity contribution in [3.05, 3.63) is 53.1 Å². The maximum Gasteiger partial charge on any atom is -0.0219 e. The molecule has 1 rings (SSSR count). The van der Waals surface area contributed by atoms with Gasteiger partial charge in [0, 0.05) is 0 Å². The van der Waals surface area contributed by atoms with Crippen LogP contribution in [0.3, 0.4) is 0 Å². The maximum atomic E-state index is 2.22. The smallest absolute Gasteiger partial charge is 0.0219 e. The summed E-state index contributed by atoms with van der Waals surface area (Å²) in [6.07, 6.45) is 6.35. The third-order valence-electron chi connectivity index (χ3n) is 2.32. The number of hydrogen-bond acceptors (Lipinski definition) is 0. The molecule has 0 N–H and O–H groups in total. The Morgan fingerprint density at radius 1 is 1.07 bits per heavy atom. The van der Waals surface area contributed by atoms with Crippen LogP contribution in [0, 0.1) is 0 Å². The van der Waals surface area contributed by atoms with E-state index in [4.69, 9.17) is 0 Å². The SMILES string of the molecule is CC(C)=CC=Cc1ccc(C(C)C)cc1. The van der Waals surface area contributed by atoms with Gasteiger partial charge in [-0.25, -0.2) is 0 Å². The van der Waals surface area contributed by atoms with E-state index < -0.39 is 0 Å². The molecule has 0 nitrogen and oxygen atoms in total. The fourth-order valence-corrected chi connectivity index (χ4v) is 1.34. The monoisotopic (exact) mass is 200 g/mol. The first-order valence-corrected chi connectivity index (χ1v) is 5.51. The third-order valence-corrected chi connectivity index (χ3v) is 2.32. The second-order valence-electron chi connectivity index (χ2n) is 4.42. The van der Waals surface area contributed by atoms with E-state index in [-0.39, 0.29) is 0 Å². The summed E-state index contributed by atoms with van der Waals surface area (Å²) in [7, 11) is 0. The fraction of sp³-hybridized carbons (Fsp3) is 0.333. The molecule has 0 spiro atoms. The molecule has 0 atom stereocenters. The Bertz CT molecular complexity index is 346. The second kappa shape index (κ2) is 5.55. The molecule has 1 aromatic carbocycles. The Labute approximate surface area is 93.3 Å². The molecule has 0 heterocycles. The molecule has 0 amide bonds. The lowest BCUT2D eigenvalue weighted by Gasteiger charge is -2.04. The van der Waals surface area contributed by atoms with E-state index in [0.717, 1.165) is 0 Å². The lowest BCUT2D eigenvalue weighted by Crippen LogP contribution is -1.85. The van der Waals surface area contributed by atoms with Crippen LogP contribution < -0.4 is 0 Å². The Hall–Kier alpha value is -1.30. The van der Waals surface area contributed by atoms with Gasteiger partial charge >= 0.3 is 0 Å². The van der Waals surface area contributed by atoms with Crippen LogP contribution in [0.5, 0.6) is 0 Å². The predicted molar refractivity (Wildman–Crippen MR) is 69.0 cm³/mol. The van der Waals surface area contributed by atoms with E-state index in [1.54, 1.807) is 0 Å². The molecule has 0 radical (unpaired) electrons. The van der Waals surface area contributed by atoms with E-state index in [2.05, 4.69) is 70.2 Å². The average molecular weight is 200 g/mol. The van der Waals surface area contributed by atoms with Crippen LogP contribution in [0.1, 0.15) is 44.7 Å². The first-order valence-electron chi connectivity index (χ1n) is 5.51. The molecule has 0 aliphatic rings. The molecule has 80 valence electrons. The van der Waals surface area contributed by atoms with E-state index in [1.165, 1.54) is 16.7 Å². The van der Waals surface area contributed by atoms with Crippen LogP contribution in [0.15, 0.2) is 42.0 Å². The molecule has 15 heavy (non-hydrogen) atoms. The lowest BCUT2D eigenvalue weighted by atomic mass is 10.0. The number of allylic oxidation sites excluding steroid dienone is 3. The van der Waals surface area contributed by atoms with Crippen molar-refractivity contribution in [1.29, 1.82) is 0 Å². The minimum Gasteiger partial charge on any atom is -0.0764 e. The van der Waals surface area contributed by atoms with Crippen molar-refractivity contribution in [3.63, 3.8) is 0 Å². The summed E-state index contributed by atoms with van der Waals surface area (Å²) < 4.78 is 0. The van der Waals surface area contributed by atoms with Gasteiger partial charge in [0.05, 0.1) is 0 Å². The van der Waals surface area contributed by atoms with Crippen molar-refractivity contribution in [2.24, 2.45) is 0 Å². The summed E-state index contributed by atoms with van der Waals surface area (Å²) in [5.41, 5.74) is 3.98. The normalized spacial score (nSPS) is 11.0. The van der Waals surface area contributed by atoms with E-state index in [0.29, 0.717) is 5.92 Å². The molecule has 1 aromatic rings. The Morgan fingerprint density at radius 2 is 1.67 bits per heavy atom. The minimum absolute atomic E-state index is 0.612. The standard InChI is InChI=1S/C15H20/c1-12(2)6-5-7-14-8-10-15(11-9-14)13(3)4/h5-11,13H,1-4H3. The molecule has 0 aromatic heterocycles. The van der Waals surface area contributed by atoms with Crippen molar-refractivity contribution in [2.75, 3.05) is 0 Å². The summed E-state index contributed by atoms with van der Waals surface area (Å²) >= 11 is 0. The molecule has 0 aliphatic heterocycles. The van der Waals surface area contributed by atoms with Gasteiger partial charge in [0.1, 0.15) is 0 Å². The van der Waals surface area contributed by atoms with Crippen LogP contribution in [-0.4, -0.2) is 0 Å². The highest BCUT2D eigenvalue weighted by atomic mass is 14.0. The van der Waals surface area contributed by atoms with E-state index in [1.807, 2.05) is 0 Å². The highest BCUT2D eigenvalue weighted by Gasteiger charge is 1.96. The molecule has 0 fully saturated rings. The molecule has 0 bridgehead atoms. The van der Waals surface area contributed by atoms with Crippen molar-refractivity contribution >= 4 is 6.08 Å². The Balaban J connectivity index is 2.73. The highest BCUT2D eigenvalue weighted by molar-refractivity contribution is 5.51. The van der Waals surface area contributed by atoms with Gasteiger partial charge in [0.2, 0.25) is 0 Å². The van der Waals surface area contributed by atoms with E-state index >= 15 is 0 Å². The summed E-state index contributed by atoms with van der Waals surface area (Å²) in [4.78, 5) is 0. The Kier molecular flexibility index (Phi) is 4.36. The molecule has 0 aliphatic carbocycles. The summed E-state index contributed by atoms with van der Waals surface area (Å²) in [5, 5.41) is 0. The lowest BCUT2D eigenvalue weighted by molar-refractivity contribution is 0.866. The summed E-state index contributed by atoms with van der Waals surface area (Å²) in [6, 6.07) is 8.75. The van der Waals surface area contributed by atoms with Crippen molar-refractivity contribution in [3.8, 4) is 0 Å². The van der Waals surface area contributed by atoms with Gasteiger partial charge in [-0.2, -0.15) is 0 Å². The first-order chi connectivity index (χ1) is 7.09. The van der Waals surface area contributed by atoms with Gasteiger partial charge in [-0.15, -0.1) is 0 Å². The molecular weight excluding hydrogens is 180 g/mol. The van der Waals surface area contributed by atoms with E-state index in [9.17, 15) is 0 Å². The molecular formula is C15H20. The number of rotatable bonds is 3. The van der Waals surface area contributed by atoms with Gasteiger partial charge in [-0.3, -0.25) is 0 Å². The van der Waals surface area contributed by atoms with Crippen LogP contribution in [0.2, 0.25) is 0 Å². The Morgan fingerprint density at radius 3 is 2.13 bits per heavy atom. The summed E-state index contributed by atoms with van der Waals surface area (Å²) in [5.74, 6) is 0.612. The van der Waals surface area contributed by atoms with Gasteiger partial charge in [0.15, 0.2) is 0 Å². The quantitative estimate of drug-likeness (QED) is 0.615. The van der Waals surface area contributed by atoms with Crippen LogP contribution in [0.4, 0.5) is 0 Å². The van der Waals surface area contributed by atoms with Crippen molar-refractivity contribution in [1.82, 2.24) is 0 Å². The van der Waals surface area contributed by atoms with Gasteiger partial charge in [0.25, 0.3) is 0 Å². The zero-order chi connectivity index (χ0) is 11.3.